The minimum absolute atomic E-state index is 0.211. The van der Waals surface area contributed by atoms with E-state index in [1.54, 1.807) is 23.3 Å². The number of aryl methyl sites for hydroxylation is 3. The number of aromatic nitrogens is 4. The second-order valence-corrected chi connectivity index (χ2v) is 19.2. The Balaban J connectivity index is 0.000000953. The van der Waals surface area contributed by atoms with Gasteiger partial charge in [-0.05, 0) is 140 Å². The second kappa shape index (κ2) is 21.9. The molecule has 2 aliphatic rings. The summed E-state index contributed by atoms with van der Waals surface area (Å²) < 4.78 is 10.1. The van der Waals surface area contributed by atoms with Gasteiger partial charge in [-0.2, -0.15) is 5.10 Å². The van der Waals surface area contributed by atoms with Crippen molar-refractivity contribution in [1.82, 2.24) is 29.1 Å². The van der Waals surface area contributed by atoms with Crippen LogP contribution in [0.1, 0.15) is 95.0 Å². The van der Waals surface area contributed by atoms with Gasteiger partial charge in [-0.25, -0.2) is 4.98 Å². The third-order valence-corrected chi connectivity index (χ3v) is 15.3. The van der Waals surface area contributed by atoms with Gasteiger partial charge in [-0.3, -0.25) is 24.6 Å². The van der Waals surface area contributed by atoms with Crippen molar-refractivity contribution in [3.8, 4) is 10.4 Å². The number of fused-ring (bicyclic) bond motifs is 5. The molecule has 13 heteroatoms. The van der Waals surface area contributed by atoms with E-state index in [-0.39, 0.29) is 5.91 Å². The van der Waals surface area contributed by atoms with Crippen LogP contribution in [0.25, 0.3) is 42.5 Å². The van der Waals surface area contributed by atoms with Crippen LogP contribution in [-0.2, 0) is 26.2 Å². The third kappa shape index (κ3) is 10.6. The van der Waals surface area contributed by atoms with Gasteiger partial charge in [0.2, 0.25) is 0 Å². The Bertz CT molecular complexity index is 2720. The Morgan fingerprint density at radius 3 is 2.43 bits per heavy atom. The molecule has 5 aromatic heterocycles. The fraction of sp³-hybridized carbons (Fsp3) is 0.380. The average molecular weight is 919 g/mol. The number of hydrogen-bond acceptors (Lipinski definition) is 10. The Hall–Kier alpha value is -4.50. The molecule has 0 bridgehead atoms. The van der Waals surface area contributed by atoms with Crippen molar-refractivity contribution in [3.05, 3.63) is 112 Å². The largest absolute Gasteiger partial charge is 0.341 e. The summed E-state index contributed by atoms with van der Waals surface area (Å²) in [4.78, 5) is 24.7. The molecule has 1 fully saturated rings. The molecule has 63 heavy (non-hydrogen) atoms. The molecular weight excluding hydrogens is 857 g/mol. The van der Waals surface area contributed by atoms with E-state index < -0.39 is 0 Å². The predicted octanol–water partition coefficient (Wildman–Crippen LogP) is 14.0. The van der Waals surface area contributed by atoms with Crippen molar-refractivity contribution in [1.29, 1.82) is 0 Å². The van der Waals surface area contributed by atoms with Crippen molar-refractivity contribution in [2.24, 2.45) is 0 Å². The van der Waals surface area contributed by atoms with Gasteiger partial charge < -0.3 is 9.29 Å². The number of rotatable bonds is 10. The highest BCUT2D eigenvalue weighted by molar-refractivity contribution is 8.02. The van der Waals surface area contributed by atoms with Crippen LogP contribution in [0, 0.1) is 6.92 Å². The van der Waals surface area contributed by atoms with Gasteiger partial charge in [-0.1, -0.05) is 77.1 Å². The highest BCUT2D eigenvalue weighted by Crippen LogP contribution is 2.36. The van der Waals surface area contributed by atoms with Gasteiger partial charge in [0, 0.05) is 71.1 Å². The molecule has 3 aromatic carbocycles. The first-order valence-corrected chi connectivity index (χ1v) is 26.1. The molecule has 0 radical (unpaired) electrons. The molecule has 0 saturated carbocycles. The molecule has 7 heterocycles. The lowest BCUT2D eigenvalue weighted by Gasteiger charge is -2.38. The van der Waals surface area contributed by atoms with Crippen molar-refractivity contribution in [2.75, 3.05) is 29.7 Å². The average Bonchev–Trinajstić information content (AvgIpc) is 4.18. The number of thiazole rings is 1. The molecular formula is C50H62N8OS4. The van der Waals surface area contributed by atoms with Crippen molar-refractivity contribution < 1.29 is 4.79 Å². The van der Waals surface area contributed by atoms with Gasteiger partial charge in [0.15, 0.2) is 10.8 Å². The lowest BCUT2D eigenvalue weighted by molar-refractivity contribution is 0.0998. The molecule has 332 valence electrons. The zero-order valence-electron chi connectivity index (χ0n) is 38.0. The Labute approximate surface area is 389 Å². The van der Waals surface area contributed by atoms with Crippen LogP contribution in [0.5, 0.6) is 0 Å². The maximum Gasteiger partial charge on any atom is 0.277 e. The van der Waals surface area contributed by atoms with E-state index in [9.17, 15) is 4.79 Å². The standard InChI is InChI=1S/C44H44N8OS4.3C2H6/c1-3-51-38-12-7-29(21-35(38)34-10-8-30(22-39(34)51)40-20-28(2)27-55-40)25-49-17-13-32(14-18-49)50-15-5-16-52-33(26-50)24-37(47-52)43(53)46-44-45-36-11-9-31(23-41(36)56-44)48-57-42-6-4-19-54-42;3*1-2/h4,6-12,19-24,27,32,48H,3,5,13-18,25-26H2,1-2H3,(H,45,46,53);3*1-2H3. The number of carbonyl (C=O) groups is 1. The van der Waals surface area contributed by atoms with Gasteiger partial charge in [0.25, 0.3) is 5.91 Å². The quantitative estimate of drug-likeness (QED) is 0.132. The maximum absolute atomic E-state index is 13.4. The molecule has 0 aliphatic carbocycles. The fourth-order valence-electron chi connectivity index (χ4n) is 8.57. The molecule has 8 aromatic rings. The molecule has 2 N–H and O–H groups in total. The number of benzene rings is 3. The van der Waals surface area contributed by atoms with Crippen molar-refractivity contribution >= 4 is 94.7 Å². The second-order valence-electron chi connectivity index (χ2n) is 15.2. The summed E-state index contributed by atoms with van der Waals surface area (Å²) >= 11 is 6.61. The van der Waals surface area contributed by atoms with E-state index >= 15 is 0 Å². The lowest BCUT2D eigenvalue weighted by Crippen LogP contribution is -2.44. The summed E-state index contributed by atoms with van der Waals surface area (Å²) in [5, 5.41) is 15.4. The molecule has 0 spiro atoms. The molecule has 0 atom stereocenters. The van der Waals surface area contributed by atoms with Gasteiger partial charge in [0.1, 0.15) is 0 Å². The minimum atomic E-state index is -0.211. The van der Waals surface area contributed by atoms with Crippen LogP contribution in [0.2, 0.25) is 0 Å². The maximum atomic E-state index is 13.4. The number of likely N-dealkylation sites (tertiary alicyclic amines) is 1. The summed E-state index contributed by atoms with van der Waals surface area (Å²) in [5.41, 5.74) is 10.1. The van der Waals surface area contributed by atoms with E-state index in [0.29, 0.717) is 16.9 Å². The summed E-state index contributed by atoms with van der Waals surface area (Å²) in [6, 6.07) is 29.1. The predicted molar refractivity (Wildman–Crippen MR) is 274 cm³/mol. The Morgan fingerprint density at radius 1 is 0.857 bits per heavy atom. The molecule has 2 aliphatic heterocycles. The number of piperidine rings is 1. The molecule has 1 amide bonds. The number of amides is 1. The topological polar surface area (TPSA) is 83.2 Å². The van der Waals surface area contributed by atoms with Gasteiger partial charge >= 0.3 is 0 Å². The van der Waals surface area contributed by atoms with Crippen molar-refractivity contribution in [3.63, 3.8) is 0 Å². The van der Waals surface area contributed by atoms with Gasteiger partial charge in [0.05, 0.1) is 20.1 Å². The summed E-state index contributed by atoms with van der Waals surface area (Å²) in [6.45, 7) is 23.2. The summed E-state index contributed by atoms with van der Waals surface area (Å²) in [7, 11) is 0. The minimum Gasteiger partial charge on any atom is -0.341 e. The van der Waals surface area contributed by atoms with Crippen LogP contribution >= 0.6 is 46.0 Å². The van der Waals surface area contributed by atoms with E-state index in [1.807, 2.05) is 81.8 Å². The first kappa shape index (κ1) is 46.5. The molecule has 10 rings (SSSR count). The number of nitrogens with zero attached hydrogens (tertiary/aromatic N) is 6. The van der Waals surface area contributed by atoms with Crippen LogP contribution in [0.4, 0.5) is 10.8 Å². The monoisotopic (exact) mass is 918 g/mol. The van der Waals surface area contributed by atoms with E-state index in [2.05, 4.69) is 109 Å². The van der Waals surface area contributed by atoms with Gasteiger partial charge in [-0.15, -0.1) is 22.7 Å². The molecule has 9 nitrogen and oxygen atoms in total. The van der Waals surface area contributed by atoms with Crippen LogP contribution in [0.15, 0.2) is 93.8 Å². The third-order valence-electron chi connectivity index (χ3n) is 11.4. The molecule has 0 unspecified atom stereocenters. The van der Waals surface area contributed by atoms with E-state index in [1.165, 1.54) is 58.9 Å². The number of carbonyl (C=O) groups excluding carboxylic acids is 1. The smallest absolute Gasteiger partial charge is 0.277 e. The molecule has 1 saturated heterocycles. The first-order valence-electron chi connectivity index (χ1n) is 22.8. The normalized spacial score (nSPS) is 14.5. The van der Waals surface area contributed by atoms with E-state index in [0.717, 1.165) is 86.7 Å². The SMILES string of the molecule is CC.CC.CC.CCn1c2ccc(CN3CCC(N4CCCn5nc(C(=O)Nc6nc7ccc(NSc8cccs8)cc7s6)cc5C4)CC3)cc2c2ccc(-c3cc(C)cs3)cc21. The number of anilines is 2. The van der Waals surface area contributed by atoms with Crippen LogP contribution < -0.4 is 10.0 Å². The lowest BCUT2D eigenvalue weighted by atomic mass is 10.0. The Kier molecular flexibility index (Phi) is 16.2. The van der Waals surface area contributed by atoms with Crippen molar-refractivity contribution in [2.45, 2.75) is 111 Å². The van der Waals surface area contributed by atoms with E-state index in [4.69, 9.17) is 5.10 Å². The Morgan fingerprint density at radius 2 is 1.68 bits per heavy atom. The number of hydrogen-bond donors (Lipinski definition) is 2. The number of nitrogens with one attached hydrogen (secondary N) is 2. The highest BCUT2D eigenvalue weighted by atomic mass is 32.2. The van der Waals surface area contributed by atoms with Crippen LogP contribution in [0.3, 0.4) is 0 Å². The first-order chi connectivity index (χ1) is 30.9. The zero-order chi connectivity index (χ0) is 44.5. The zero-order valence-corrected chi connectivity index (χ0v) is 41.3. The fourth-order valence-corrected chi connectivity index (χ4v) is 11.8. The summed E-state index contributed by atoms with van der Waals surface area (Å²) in [6.07, 6.45) is 3.31. The van der Waals surface area contributed by atoms with Crippen LogP contribution in [-0.4, -0.2) is 60.7 Å². The number of thiophene rings is 2. The highest BCUT2D eigenvalue weighted by Gasteiger charge is 2.28. The summed E-state index contributed by atoms with van der Waals surface area (Å²) in [5.74, 6) is -0.211.